The fraction of sp³-hybridized carbons (Fsp3) is 0.458. The standard InChI is InChI=1S/C24H32N4O3/c1-17-6-7-19(14-18(17)2)23(29)27-12-10-26(11-13-27)20-8-9-22(28(30)31)21(15-20)25-16-24(3,4)5/h6-9,14-15,25H,10-13,16H2,1-5H3. The van der Waals surface area contributed by atoms with Gasteiger partial charge in [0.2, 0.25) is 0 Å². The zero-order chi connectivity index (χ0) is 22.8. The summed E-state index contributed by atoms with van der Waals surface area (Å²) in [7, 11) is 0. The van der Waals surface area contributed by atoms with Crippen LogP contribution in [0, 0.1) is 29.4 Å². The quantitative estimate of drug-likeness (QED) is 0.559. The zero-order valence-corrected chi connectivity index (χ0v) is 19.1. The van der Waals surface area contributed by atoms with Crippen LogP contribution in [0.3, 0.4) is 0 Å². The van der Waals surface area contributed by atoms with Crippen LogP contribution in [0.4, 0.5) is 17.1 Å². The van der Waals surface area contributed by atoms with Crippen molar-refractivity contribution in [1.29, 1.82) is 0 Å². The third-order valence-electron chi connectivity index (χ3n) is 5.67. The van der Waals surface area contributed by atoms with Crippen molar-refractivity contribution in [3.8, 4) is 0 Å². The molecule has 0 atom stereocenters. The molecular weight excluding hydrogens is 392 g/mol. The minimum Gasteiger partial charge on any atom is -0.379 e. The molecule has 1 aliphatic heterocycles. The SMILES string of the molecule is Cc1ccc(C(=O)N2CCN(c3ccc([N+](=O)[O-])c(NCC(C)(C)C)c3)CC2)cc1C. The summed E-state index contributed by atoms with van der Waals surface area (Å²) in [5, 5.41) is 14.7. The molecule has 1 saturated heterocycles. The van der Waals surface area contributed by atoms with Crippen LogP contribution in [0.15, 0.2) is 36.4 Å². The number of carbonyl (C=O) groups excluding carboxylic acids is 1. The van der Waals surface area contributed by atoms with Gasteiger partial charge >= 0.3 is 0 Å². The van der Waals surface area contributed by atoms with Crippen molar-refractivity contribution in [2.45, 2.75) is 34.6 Å². The first-order valence-electron chi connectivity index (χ1n) is 10.7. The number of aryl methyl sites for hydroxylation is 2. The van der Waals surface area contributed by atoms with Gasteiger partial charge in [0.15, 0.2) is 0 Å². The molecule has 1 heterocycles. The van der Waals surface area contributed by atoms with Gasteiger partial charge in [-0.25, -0.2) is 0 Å². The predicted octanol–water partition coefficient (Wildman–Crippen LogP) is 4.63. The van der Waals surface area contributed by atoms with E-state index in [1.807, 2.05) is 43.0 Å². The van der Waals surface area contributed by atoms with Crippen LogP contribution >= 0.6 is 0 Å². The van der Waals surface area contributed by atoms with Gasteiger partial charge in [-0.1, -0.05) is 26.8 Å². The Labute approximate surface area is 184 Å². The van der Waals surface area contributed by atoms with E-state index in [-0.39, 0.29) is 21.9 Å². The molecule has 1 N–H and O–H groups in total. The summed E-state index contributed by atoms with van der Waals surface area (Å²) in [4.78, 5) is 28.0. The van der Waals surface area contributed by atoms with Gasteiger partial charge in [-0.2, -0.15) is 0 Å². The number of nitrogens with one attached hydrogen (secondary N) is 1. The van der Waals surface area contributed by atoms with Gasteiger partial charge < -0.3 is 15.1 Å². The number of rotatable bonds is 5. The van der Waals surface area contributed by atoms with E-state index in [1.165, 1.54) is 5.56 Å². The Hall–Kier alpha value is -3.09. The summed E-state index contributed by atoms with van der Waals surface area (Å²) in [6.07, 6.45) is 0. The maximum atomic E-state index is 12.9. The fourth-order valence-corrected chi connectivity index (χ4v) is 3.61. The first-order chi connectivity index (χ1) is 14.5. The van der Waals surface area contributed by atoms with E-state index in [0.29, 0.717) is 38.4 Å². The van der Waals surface area contributed by atoms with Gasteiger partial charge in [0.05, 0.1) is 4.92 Å². The summed E-state index contributed by atoms with van der Waals surface area (Å²) in [6.45, 7) is 13.6. The average Bonchev–Trinajstić information content (AvgIpc) is 2.73. The lowest BCUT2D eigenvalue weighted by molar-refractivity contribution is -0.384. The number of hydrogen-bond donors (Lipinski definition) is 1. The third kappa shape index (κ3) is 5.54. The maximum Gasteiger partial charge on any atom is 0.292 e. The van der Waals surface area contributed by atoms with Crippen molar-refractivity contribution >= 4 is 23.0 Å². The number of benzene rings is 2. The lowest BCUT2D eigenvalue weighted by atomic mass is 9.97. The molecule has 0 aromatic heterocycles. The highest BCUT2D eigenvalue weighted by molar-refractivity contribution is 5.94. The van der Waals surface area contributed by atoms with E-state index < -0.39 is 0 Å². The lowest BCUT2D eigenvalue weighted by Gasteiger charge is -2.36. The van der Waals surface area contributed by atoms with Crippen molar-refractivity contribution in [3.05, 3.63) is 63.2 Å². The summed E-state index contributed by atoms with van der Waals surface area (Å²) in [5.41, 5.74) is 4.56. The normalized spacial score (nSPS) is 14.5. The minimum atomic E-state index is -0.352. The van der Waals surface area contributed by atoms with Gasteiger partial charge in [-0.05, 0) is 54.7 Å². The highest BCUT2D eigenvalue weighted by Gasteiger charge is 2.24. The molecule has 3 rings (SSSR count). The molecule has 0 unspecified atom stereocenters. The molecule has 1 amide bonds. The Morgan fingerprint density at radius 3 is 2.29 bits per heavy atom. The number of nitro groups is 1. The zero-order valence-electron chi connectivity index (χ0n) is 19.1. The Balaban J connectivity index is 1.70. The topological polar surface area (TPSA) is 78.7 Å². The van der Waals surface area contributed by atoms with Crippen LogP contribution in [0.1, 0.15) is 42.3 Å². The monoisotopic (exact) mass is 424 g/mol. The van der Waals surface area contributed by atoms with Crippen LogP contribution in [0.25, 0.3) is 0 Å². The number of nitrogens with zero attached hydrogens (tertiary/aromatic N) is 3. The van der Waals surface area contributed by atoms with Gasteiger partial charge in [0.25, 0.3) is 11.6 Å². The summed E-state index contributed by atoms with van der Waals surface area (Å²) in [5.74, 6) is 0.0546. The van der Waals surface area contributed by atoms with Gasteiger partial charge in [0.1, 0.15) is 5.69 Å². The molecule has 0 bridgehead atoms. The Kier molecular flexibility index (Phi) is 6.53. The third-order valence-corrected chi connectivity index (χ3v) is 5.67. The molecule has 0 aliphatic carbocycles. The number of anilines is 2. The second-order valence-electron chi connectivity index (χ2n) is 9.45. The number of nitro benzene ring substituents is 1. The number of hydrogen-bond acceptors (Lipinski definition) is 5. The molecular formula is C24H32N4O3. The largest absolute Gasteiger partial charge is 0.379 e. The van der Waals surface area contributed by atoms with E-state index in [2.05, 4.69) is 31.0 Å². The first-order valence-corrected chi connectivity index (χ1v) is 10.7. The second-order valence-corrected chi connectivity index (χ2v) is 9.45. The maximum absolute atomic E-state index is 12.9. The van der Waals surface area contributed by atoms with Gasteiger partial charge in [0, 0.05) is 50.0 Å². The van der Waals surface area contributed by atoms with E-state index in [4.69, 9.17) is 0 Å². The molecule has 0 spiro atoms. The van der Waals surface area contributed by atoms with Crippen LogP contribution < -0.4 is 10.2 Å². The molecule has 2 aromatic carbocycles. The fourth-order valence-electron chi connectivity index (χ4n) is 3.61. The number of piperazine rings is 1. The Morgan fingerprint density at radius 2 is 1.71 bits per heavy atom. The van der Waals surface area contributed by atoms with Crippen molar-refractivity contribution in [3.63, 3.8) is 0 Å². The van der Waals surface area contributed by atoms with E-state index in [1.54, 1.807) is 12.1 Å². The van der Waals surface area contributed by atoms with Crippen molar-refractivity contribution in [2.24, 2.45) is 5.41 Å². The van der Waals surface area contributed by atoms with Crippen molar-refractivity contribution in [2.75, 3.05) is 42.9 Å². The molecule has 31 heavy (non-hydrogen) atoms. The average molecular weight is 425 g/mol. The predicted molar refractivity (Wildman–Crippen MR) is 125 cm³/mol. The Bertz CT molecular complexity index is 973. The van der Waals surface area contributed by atoms with Gasteiger partial charge in [-0.15, -0.1) is 0 Å². The Morgan fingerprint density at radius 1 is 1.03 bits per heavy atom. The van der Waals surface area contributed by atoms with Crippen LogP contribution in [0.5, 0.6) is 0 Å². The minimum absolute atomic E-state index is 0.00416. The highest BCUT2D eigenvalue weighted by Crippen LogP contribution is 2.31. The smallest absolute Gasteiger partial charge is 0.292 e. The molecule has 2 aromatic rings. The summed E-state index contributed by atoms with van der Waals surface area (Å²) < 4.78 is 0. The number of carbonyl (C=O) groups is 1. The van der Waals surface area contributed by atoms with E-state index in [0.717, 1.165) is 16.8 Å². The van der Waals surface area contributed by atoms with E-state index >= 15 is 0 Å². The van der Waals surface area contributed by atoms with Crippen LogP contribution in [0.2, 0.25) is 0 Å². The second kappa shape index (κ2) is 8.96. The molecule has 7 heteroatoms. The molecule has 166 valence electrons. The summed E-state index contributed by atoms with van der Waals surface area (Å²) >= 11 is 0. The molecule has 7 nitrogen and oxygen atoms in total. The molecule has 1 aliphatic rings. The first kappa shape index (κ1) is 22.6. The van der Waals surface area contributed by atoms with Crippen molar-refractivity contribution < 1.29 is 9.72 Å². The van der Waals surface area contributed by atoms with Crippen LogP contribution in [-0.4, -0.2) is 48.5 Å². The lowest BCUT2D eigenvalue weighted by Crippen LogP contribution is -2.48. The van der Waals surface area contributed by atoms with Crippen LogP contribution in [-0.2, 0) is 0 Å². The number of amides is 1. The highest BCUT2D eigenvalue weighted by atomic mass is 16.6. The summed E-state index contributed by atoms with van der Waals surface area (Å²) in [6, 6.07) is 11.0. The van der Waals surface area contributed by atoms with E-state index in [9.17, 15) is 14.9 Å². The molecule has 0 radical (unpaired) electrons. The van der Waals surface area contributed by atoms with Crippen molar-refractivity contribution in [1.82, 2.24) is 4.90 Å². The molecule has 1 fully saturated rings. The van der Waals surface area contributed by atoms with Gasteiger partial charge in [-0.3, -0.25) is 14.9 Å². The molecule has 0 saturated carbocycles.